The first kappa shape index (κ1) is 22.7. The Hall–Kier alpha value is -4.04. The van der Waals surface area contributed by atoms with Gasteiger partial charge in [0.15, 0.2) is 5.82 Å². The summed E-state index contributed by atoms with van der Waals surface area (Å²) in [4.78, 5) is 26.1. The number of hydrogen-bond acceptors (Lipinski definition) is 7. The highest BCUT2D eigenvalue weighted by atomic mass is 16.5. The van der Waals surface area contributed by atoms with Gasteiger partial charge in [-0.2, -0.15) is 4.98 Å². The monoisotopic (exact) mass is 468 g/mol. The maximum atomic E-state index is 13.0. The Balaban J connectivity index is 1.20. The Labute approximate surface area is 204 Å². The summed E-state index contributed by atoms with van der Waals surface area (Å²) < 4.78 is 5.20. The third-order valence-electron chi connectivity index (χ3n) is 6.25. The molecule has 1 saturated heterocycles. The second-order valence-electron chi connectivity index (χ2n) is 8.63. The van der Waals surface area contributed by atoms with Crippen LogP contribution in [0.3, 0.4) is 0 Å². The van der Waals surface area contributed by atoms with Gasteiger partial charge in [0.1, 0.15) is 0 Å². The maximum absolute atomic E-state index is 13.0. The van der Waals surface area contributed by atoms with E-state index in [1.54, 1.807) is 19.1 Å². The SMILES string of the molecule is Cc1noc(-c2ccc(C(=O)Nc3ccccc3N3CCN(CCc4ccncc4)CC3)cc2)n1. The number of nitrogens with zero attached hydrogens (tertiary/aromatic N) is 5. The molecule has 8 nitrogen and oxygen atoms in total. The molecule has 1 amide bonds. The first-order valence-corrected chi connectivity index (χ1v) is 11.8. The molecule has 5 rings (SSSR count). The Morgan fingerprint density at radius 1 is 0.971 bits per heavy atom. The topological polar surface area (TPSA) is 87.4 Å². The van der Waals surface area contributed by atoms with Gasteiger partial charge in [-0.15, -0.1) is 0 Å². The summed E-state index contributed by atoms with van der Waals surface area (Å²) in [5.74, 6) is 0.870. The lowest BCUT2D eigenvalue weighted by atomic mass is 10.1. The minimum atomic E-state index is -0.151. The number of anilines is 2. The lowest BCUT2D eigenvalue weighted by Gasteiger charge is -2.37. The van der Waals surface area contributed by atoms with E-state index >= 15 is 0 Å². The smallest absolute Gasteiger partial charge is 0.257 e. The number of aryl methyl sites for hydroxylation is 1. The molecule has 2 aromatic carbocycles. The number of amides is 1. The van der Waals surface area contributed by atoms with Crippen LogP contribution in [-0.2, 0) is 6.42 Å². The molecule has 1 aliphatic rings. The molecule has 4 aromatic rings. The van der Waals surface area contributed by atoms with Gasteiger partial charge in [-0.3, -0.25) is 14.7 Å². The number of para-hydroxylation sites is 2. The molecule has 0 saturated carbocycles. The molecule has 1 fully saturated rings. The molecule has 2 aromatic heterocycles. The summed E-state index contributed by atoms with van der Waals surface area (Å²) in [6.45, 7) is 6.63. The first-order chi connectivity index (χ1) is 17.2. The zero-order chi connectivity index (χ0) is 24.0. The molecule has 0 atom stereocenters. The zero-order valence-corrected chi connectivity index (χ0v) is 19.7. The molecule has 178 valence electrons. The highest BCUT2D eigenvalue weighted by molar-refractivity contribution is 6.06. The molecule has 0 unspecified atom stereocenters. The summed E-state index contributed by atoms with van der Waals surface area (Å²) in [6, 6.07) is 19.3. The van der Waals surface area contributed by atoms with Crippen molar-refractivity contribution in [1.29, 1.82) is 0 Å². The van der Waals surface area contributed by atoms with Crippen LogP contribution in [0.2, 0.25) is 0 Å². The van der Waals surface area contributed by atoms with Crippen LogP contribution in [0.15, 0.2) is 77.6 Å². The molecule has 1 N–H and O–H groups in total. The van der Waals surface area contributed by atoms with Gasteiger partial charge in [0, 0.05) is 56.2 Å². The highest BCUT2D eigenvalue weighted by Crippen LogP contribution is 2.27. The molecule has 8 heteroatoms. The number of nitrogens with one attached hydrogen (secondary N) is 1. The Morgan fingerprint density at radius 2 is 1.71 bits per heavy atom. The van der Waals surface area contributed by atoms with Crippen molar-refractivity contribution in [2.45, 2.75) is 13.3 Å². The Morgan fingerprint density at radius 3 is 2.43 bits per heavy atom. The molecule has 0 radical (unpaired) electrons. The van der Waals surface area contributed by atoms with Gasteiger partial charge in [0.25, 0.3) is 11.8 Å². The number of hydrogen-bond donors (Lipinski definition) is 1. The van der Waals surface area contributed by atoms with E-state index in [-0.39, 0.29) is 5.91 Å². The van der Waals surface area contributed by atoms with Crippen LogP contribution in [0.5, 0.6) is 0 Å². The lowest BCUT2D eigenvalue weighted by molar-refractivity contribution is 0.102. The first-order valence-electron chi connectivity index (χ1n) is 11.8. The van der Waals surface area contributed by atoms with Crippen molar-refractivity contribution in [1.82, 2.24) is 20.0 Å². The van der Waals surface area contributed by atoms with E-state index in [1.807, 2.05) is 42.7 Å². The van der Waals surface area contributed by atoms with Crippen molar-refractivity contribution in [2.24, 2.45) is 0 Å². The maximum Gasteiger partial charge on any atom is 0.257 e. The average Bonchev–Trinajstić information content (AvgIpc) is 3.35. The van der Waals surface area contributed by atoms with Crippen molar-refractivity contribution in [3.63, 3.8) is 0 Å². The number of pyridine rings is 1. The van der Waals surface area contributed by atoms with Crippen molar-refractivity contribution >= 4 is 17.3 Å². The predicted molar refractivity (Wildman–Crippen MR) is 135 cm³/mol. The Bertz CT molecular complexity index is 1260. The number of carbonyl (C=O) groups excluding carboxylic acids is 1. The van der Waals surface area contributed by atoms with Gasteiger partial charge < -0.3 is 14.7 Å². The second-order valence-corrected chi connectivity index (χ2v) is 8.63. The minimum absolute atomic E-state index is 0.151. The quantitative estimate of drug-likeness (QED) is 0.438. The van der Waals surface area contributed by atoms with Crippen LogP contribution in [0, 0.1) is 6.92 Å². The molecule has 0 aliphatic carbocycles. The third-order valence-corrected chi connectivity index (χ3v) is 6.25. The molecular formula is C27H28N6O2. The number of rotatable bonds is 7. The highest BCUT2D eigenvalue weighted by Gasteiger charge is 2.20. The molecular weight excluding hydrogens is 440 g/mol. The molecule has 35 heavy (non-hydrogen) atoms. The van der Waals surface area contributed by atoms with E-state index in [1.165, 1.54) is 5.56 Å². The fraction of sp³-hybridized carbons (Fsp3) is 0.259. The normalized spacial score (nSPS) is 14.1. The Kier molecular flexibility index (Phi) is 6.81. The minimum Gasteiger partial charge on any atom is -0.367 e. The van der Waals surface area contributed by atoms with Crippen LogP contribution < -0.4 is 10.2 Å². The summed E-state index contributed by atoms with van der Waals surface area (Å²) >= 11 is 0. The van der Waals surface area contributed by atoms with E-state index < -0.39 is 0 Å². The van der Waals surface area contributed by atoms with Crippen molar-refractivity contribution in [3.05, 3.63) is 90.0 Å². The number of benzene rings is 2. The molecule has 1 aliphatic heterocycles. The average molecular weight is 469 g/mol. The van der Waals surface area contributed by atoms with Gasteiger partial charge in [0.2, 0.25) is 0 Å². The van der Waals surface area contributed by atoms with Crippen LogP contribution >= 0.6 is 0 Å². The van der Waals surface area contributed by atoms with E-state index in [2.05, 4.69) is 48.4 Å². The van der Waals surface area contributed by atoms with Gasteiger partial charge >= 0.3 is 0 Å². The van der Waals surface area contributed by atoms with Gasteiger partial charge in [-0.05, 0) is 67.4 Å². The van der Waals surface area contributed by atoms with Crippen molar-refractivity contribution in [3.8, 4) is 11.5 Å². The van der Waals surface area contributed by atoms with Crippen LogP contribution in [0.1, 0.15) is 21.7 Å². The predicted octanol–water partition coefficient (Wildman–Crippen LogP) is 4.06. The van der Waals surface area contributed by atoms with E-state index in [9.17, 15) is 4.79 Å². The van der Waals surface area contributed by atoms with Crippen molar-refractivity contribution in [2.75, 3.05) is 42.9 Å². The number of aromatic nitrogens is 3. The van der Waals surface area contributed by atoms with E-state index in [0.29, 0.717) is 17.3 Å². The summed E-state index contributed by atoms with van der Waals surface area (Å²) in [7, 11) is 0. The molecule has 3 heterocycles. The van der Waals surface area contributed by atoms with Gasteiger partial charge in [0.05, 0.1) is 11.4 Å². The molecule has 0 bridgehead atoms. The fourth-order valence-corrected chi connectivity index (χ4v) is 4.28. The summed E-state index contributed by atoms with van der Waals surface area (Å²) in [5.41, 5.74) is 4.53. The lowest BCUT2D eigenvalue weighted by Crippen LogP contribution is -2.47. The van der Waals surface area contributed by atoms with E-state index in [4.69, 9.17) is 4.52 Å². The fourth-order valence-electron chi connectivity index (χ4n) is 4.28. The molecule has 0 spiro atoms. The van der Waals surface area contributed by atoms with Gasteiger partial charge in [-0.1, -0.05) is 17.3 Å². The summed E-state index contributed by atoms with van der Waals surface area (Å²) in [6.07, 6.45) is 4.73. The van der Waals surface area contributed by atoms with E-state index in [0.717, 1.165) is 56.1 Å². The standard InChI is InChI=1S/C27H28N6O2/c1-20-29-27(35-31-20)23-8-6-22(7-9-23)26(34)30-24-4-2-3-5-25(24)33-18-16-32(17-19-33)15-12-21-10-13-28-14-11-21/h2-11,13-14H,12,15-19H2,1H3,(H,30,34). The number of piperazine rings is 1. The zero-order valence-electron chi connectivity index (χ0n) is 19.7. The van der Waals surface area contributed by atoms with Crippen LogP contribution in [0.25, 0.3) is 11.5 Å². The van der Waals surface area contributed by atoms with Crippen LogP contribution in [0.4, 0.5) is 11.4 Å². The van der Waals surface area contributed by atoms with Gasteiger partial charge in [-0.25, -0.2) is 0 Å². The summed E-state index contributed by atoms with van der Waals surface area (Å²) in [5, 5.41) is 6.91. The van der Waals surface area contributed by atoms with Crippen molar-refractivity contribution < 1.29 is 9.32 Å². The number of carbonyl (C=O) groups is 1. The van der Waals surface area contributed by atoms with Crippen LogP contribution in [-0.4, -0.2) is 58.7 Å². The second kappa shape index (κ2) is 10.5. The largest absolute Gasteiger partial charge is 0.367 e. The third kappa shape index (κ3) is 5.55.